The fraction of sp³-hybridized carbons (Fsp3) is 0.579. The molecule has 1 atom stereocenters. The van der Waals surface area contributed by atoms with Gasteiger partial charge in [-0.2, -0.15) is 0 Å². The van der Waals surface area contributed by atoms with Gasteiger partial charge in [0, 0.05) is 5.56 Å². The summed E-state index contributed by atoms with van der Waals surface area (Å²) in [6.45, 7) is 12.1. The predicted molar refractivity (Wildman–Crippen MR) is 94.4 cm³/mol. The van der Waals surface area contributed by atoms with E-state index in [1.165, 1.54) is 0 Å². The van der Waals surface area contributed by atoms with Gasteiger partial charge in [-0.25, -0.2) is 0 Å². The zero-order chi connectivity index (χ0) is 18.7. The lowest BCUT2D eigenvalue weighted by molar-refractivity contribution is -0.137. The number of hydrogen-bond donors (Lipinski definition) is 3. The fourth-order valence-corrected chi connectivity index (χ4v) is 2.27. The SMILES string of the molecule is CC(C)(C)c1cc(C(=O)NC(CO)CC(=O)O)cc(C(C)(C)C)c1. The molecule has 0 bridgehead atoms. The lowest BCUT2D eigenvalue weighted by atomic mass is 9.79. The number of aliphatic hydroxyl groups is 1. The van der Waals surface area contributed by atoms with Gasteiger partial charge >= 0.3 is 5.97 Å². The number of carbonyl (C=O) groups is 2. The lowest BCUT2D eigenvalue weighted by Crippen LogP contribution is -2.39. The van der Waals surface area contributed by atoms with Crippen LogP contribution in [0.4, 0.5) is 0 Å². The molecule has 1 rings (SSSR count). The van der Waals surface area contributed by atoms with Gasteiger partial charge in [-0.05, 0) is 34.1 Å². The maximum atomic E-state index is 12.5. The largest absolute Gasteiger partial charge is 0.481 e. The molecule has 0 saturated carbocycles. The van der Waals surface area contributed by atoms with E-state index >= 15 is 0 Å². The first-order valence-electron chi connectivity index (χ1n) is 8.14. The smallest absolute Gasteiger partial charge is 0.305 e. The predicted octanol–water partition coefficient (Wildman–Crippen LogP) is 2.85. The van der Waals surface area contributed by atoms with Crippen molar-refractivity contribution in [3.8, 4) is 0 Å². The van der Waals surface area contributed by atoms with Crippen LogP contribution in [-0.2, 0) is 15.6 Å². The van der Waals surface area contributed by atoms with Crippen LogP contribution in [0.3, 0.4) is 0 Å². The van der Waals surface area contributed by atoms with Crippen molar-refractivity contribution < 1.29 is 19.8 Å². The highest BCUT2D eigenvalue weighted by atomic mass is 16.4. The normalized spacial score (nSPS) is 13.5. The second-order valence-corrected chi connectivity index (χ2v) is 8.25. The molecule has 5 nitrogen and oxygen atoms in total. The Kier molecular flexibility index (Phi) is 6.17. The summed E-state index contributed by atoms with van der Waals surface area (Å²) in [6.07, 6.45) is -0.312. The van der Waals surface area contributed by atoms with Crippen molar-refractivity contribution in [3.63, 3.8) is 0 Å². The summed E-state index contributed by atoms with van der Waals surface area (Å²) in [5, 5.41) is 20.7. The molecular formula is C19H29NO4. The molecular weight excluding hydrogens is 306 g/mol. The average molecular weight is 335 g/mol. The van der Waals surface area contributed by atoms with Crippen LogP contribution in [0.5, 0.6) is 0 Å². The van der Waals surface area contributed by atoms with Gasteiger partial charge in [-0.1, -0.05) is 47.6 Å². The van der Waals surface area contributed by atoms with Gasteiger partial charge in [-0.3, -0.25) is 9.59 Å². The van der Waals surface area contributed by atoms with Crippen LogP contribution in [0.2, 0.25) is 0 Å². The van der Waals surface area contributed by atoms with E-state index in [4.69, 9.17) is 5.11 Å². The zero-order valence-electron chi connectivity index (χ0n) is 15.4. The topological polar surface area (TPSA) is 86.6 Å². The minimum Gasteiger partial charge on any atom is -0.481 e. The number of carbonyl (C=O) groups excluding carboxylic acids is 1. The lowest BCUT2D eigenvalue weighted by Gasteiger charge is -2.26. The number of benzene rings is 1. The Morgan fingerprint density at radius 1 is 1.00 bits per heavy atom. The van der Waals surface area contributed by atoms with Gasteiger partial charge in [0.05, 0.1) is 19.1 Å². The molecule has 24 heavy (non-hydrogen) atoms. The molecule has 0 radical (unpaired) electrons. The highest BCUT2D eigenvalue weighted by Crippen LogP contribution is 2.30. The van der Waals surface area contributed by atoms with Gasteiger partial charge in [0.25, 0.3) is 5.91 Å². The molecule has 0 saturated heterocycles. The summed E-state index contributed by atoms with van der Waals surface area (Å²) in [7, 11) is 0. The third-order valence-electron chi connectivity index (χ3n) is 3.90. The number of aliphatic carboxylic acids is 1. The average Bonchev–Trinajstić information content (AvgIpc) is 2.43. The maximum absolute atomic E-state index is 12.5. The van der Waals surface area contributed by atoms with Crippen LogP contribution >= 0.6 is 0 Å². The van der Waals surface area contributed by atoms with E-state index in [1.807, 2.05) is 12.1 Å². The second kappa shape index (κ2) is 7.34. The van der Waals surface area contributed by atoms with E-state index in [1.54, 1.807) is 0 Å². The van der Waals surface area contributed by atoms with Crippen molar-refractivity contribution in [1.29, 1.82) is 0 Å². The standard InChI is InChI=1S/C19H29NO4/c1-18(2,3)13-7-12(8-14(9-13)19(4,5)6)17(24)20-15(11-21)10-16(22)23/h7-9,15,21H,10-11H2,1-6H3,(H,20,24)(H,22,23). The van der Waals surface area contributed by atoms with E-state index < -0.39 is 18.6 Å². The Hall–Kier alpha value is -1.88. The summed E-state index contributed by atoms with van der Waals surface area (Å²) in [5.41, 5.74) is 2.33. The third kappa shape index (κ3) is 5.64. The molecule has 1 aromatic rings. The van der Waals surface area contributed by atoms with Crippen LogP contribution in [0.25, 0.3) is 0 Å². The van der Waals surface area contributed by atoms with E-state index in [0.717, 1.165) is 11.1 Å². The monoisotopic (exact) mass is 335 g/mol. The van der Waals surface area contributed by atoms with E-state index in [9.17, 15) is 14.7 Å². The molecule has 1 unspecified atom stereocenters. The number of hydrogen-bond acceptors (Lipinski definition) is 3. The van der Waals surface area contributed by atoms with Crippen molar-refractivity contribution >= 4 is 11.9 Å². The van der Waals surface area contributed by atoms with Crippen molar-refractivity contribution in [2.24, 2.45) is 0 Å². The van der Waals surface area contributed by atoms with E-state index in [-0.39, 0.29) is 23.2 Å². The molecule has 1 aromatic carbocycles. The molecule has 0 aromatic heterocycles. The van der Waals surface area contributed by atoms with Crippen molar-refractivity contribution in [2.75, 3.05) is 6.61 Å². The first kappa shape index (κ1) is 20.2. The Morgan fingerprint density at radius 3 is 1.79 bits per heavy atom. The highest BCUT2D eigenvalue weighted by Gasteiger charge is 2.23. The number of amides is 1. The van der Waals surface area contributed by atoms with Crippen LogP contribution in [0.1, 0.15) is 69.4 Å². The molecule has 0 heterocycles. The summed E-state index contributed by atoms with van der Waals surface area (Å²) in [6, 6.07) is 4.98. The molecule has 0 aliphatic carbocycles. The number of rotatable bonds is 5. The van der Waals surface area contributed by atoms with Gasteiger partial charge in [0.2, 0.25) is 0 Å². The molecule has 134 valence electrons. The minimum absolute atomic E-state index is 0.117. The quantitative estimate of drug-likeness (QED) is 0.772. The van der Waals surface area contributed by atoms with Gasteiger partial charge in [0.1, 0.15) is 0 Å². The van der Waals surface area contributed by atoms with E-state index in [2.05, 4.69) is 52.9 Å². The first-order chi connectivity index (χ1) is 10.8. The summed E-state index contributed by atoms with van der Waals surface area (Å²) in [4.78, 5) is 23.3. The van der Waals surface area contributed by atoms with Crippen LogP contribution in [0.15, 0.2) is 18.2 Å². The Balaban J connectivity index is 3.22. The molecule has 3 N–H and O–H groups in total. The van der Waals surface area contributed by atoms with Crippen molar-refractivity contribution in [3.05, 3.63) is 34.9 Å². The van der Waals surface area contributed by atoms with Gasteiger partial charge in [-0.15, -0.1) is 0 Å². The van der Waals surface area contributed by atoms with Crippen molar-refractivity contribution in [2.45, 2.75) is 64.8 Å². The number of carboxylic acid groups (broad SMARTS) is 1. The number of carboxylic acids is 1. The van der Waals surface area contributed by atoms with Crippen molar-refractivity contribution in [1.82, 2.24) is 5.32 Å². The van der Waals surface area contributed by atoms with Crippen LogP contribution in [-0.4, -0.2) is 34.7 Å². The number of aliphatic hydroxyl groups excluding tert-OH is 1. The molecule has 0 aliphatic rings. The van der Waals surface area contributed by atoms with Gasteiger partial charge in [0.15, 0.2) is 0 Å². The first-order valence-corrected chi connectivity index (χ1v) is 8.14. The fourth-order valence-electron chi connectivity index (χ4n) is 2.27. The second-order valence-electron chi connectivity index (χ2n) is 8.25. The summed E-state index contributed by atoms with van der Waals surface area (Å²) in [5.74, 6) is -1.43. The third-order valence-corrected chi connectivity index (χ3v) is 3.90. The van der Waals surface area contributed by atoms with Gasteiger partial charge < -0.3 is 15.5 Å². The van der Waals surface area contributed by atoms with E-state index in [0.29, 0.717) is 5.56 Å². The minimum atomic E-state index is -1.06. The molecule has 0 spiro atoms. The Labute approximate surface area is 144 Å². The molecule has 0 aliphatic heterocycles. The van der Waals surface area contributed by atoms with Crippen LogP contribution < -0.4 is 5.32 Å². The highest BCUT2D eigenvalue weighted by molar-refractivity contribution is 5.95. The summed E-state index contributed by atoms with van der Waals surface area (Å²) >= 11 is 0. The zero-order valence-corrected chi connectivity index (χ0v) is 15.4. The Bertz CT molecular complexity index is 577. The van der Waals surface area contributed by atoms with Crippen LogP contribution in [0, 0.1) is 0 Å². The number of nitrogens with one attached hydrogen (secondary N) is 1. The molecule has 5 heteroatoms. The Morgan fingerprint density at radius 2 is 1.46 bits per heavy atom. The molecule has 0 fully saturated rings. The maximum Gasteiger partial charge on any atom is 0.305 e. The summed E-state index contributed by atoms with van der Waals surface area (Å²) < 4.78 is 0. The molecule has 1 amide bonds.